The van der Waals surface area contributed by atoms with Gasteiger partial charge in [0.15, 0.2) is 0 Å². The zero-order chi connectivity index (χ0) is 10.5. The Balaban J connectivity index is 1.98. The van der Waals surface area contributed by atoms with Crippen molar-refractivity contribution >= 4 is 22.7 Å². The highest BCUT2D eigenvalue weighted by Gasteiger charge is 2.06. The van der Waals surface area contributed by atoms with Crippen molar-refractivity contribution in [1.29, 1.82) is 0 Å². The highest BCUT2D eigenvalue weighted by molar-refractivity contribution is 7.15. The predicted octanol–water partition coefficient (Wildman–Crippen LogP) is 2.42. The normalized spacial score (nSPS) is 10.7. The molecule has 0 unspecified atom stereocenters. The standard InChI is InChI=1S/C10H13N3S2/c1-2-11-5-3-9-12-13-10(15-9)8-4-6-14-7-8/h4,6-7,11H,2-3,5H2,1H3. The van der Waals surface area contributed by atoms with Gasteiger partial charge < -0.3 is 5.32 Å². The zero-order valence-electron chi connectivity index (χ0n) is 8.56. The van der Waals surface area contributed by atoms with Crippen LogP contribution in [-0.4, -0.2) is 23.3 Å². The first-order valence-corrected chi connectivity index (χ1v) is 6.71. The predicted molar refractivity (Wildman–Crippen MR) is 65.5 cm³/mol. The molecule has 80 valence electrons. The molecule has 0 aliphatic heterocycles. The molecular weight excluding hydrogens is 226 g/mol. The van der Waals surface area contributed by atoms with E-state index in [2.05, 4.69) is 39.3 Å². The van der Waals surface area contributed by atoms with Crippen LogP contribution >= 0.6 is 22.7 Å². The fourth-order valence-electron chi connectivity index (χ4n) is 1.23. The number of rotatable bonds is 5. The van der Waals surface area contributed by atoms with Crippen LogP contribution in [0.5, 0.6) is 0 Å². The molecule has 2 rings (SSSR count). The van der Waals surface area contributed by atoms with Crippen molar-refractivity contribution in [2.45, 2.75) is 13.3 Å². The molecule has 0 saturated heterocycles. The minimum absolute atomic E-state index is 0.968. The lowest BCUT2D eigenvalue weighted by Crippen LogP contribution is -2.15. The van der Waals surface area contributed by atoms with Crippen molar-refractivity contribution in [2.75, 3.05) is 13.1 Å². The molecule has 0 atom stereocenters. The number of likely N-dealkylation sites (N-methyl/N-ethyl adjacent to an activating group) is 1. The summed E-state index contributed by atoms with van der Waals surface area (Å²) in [5, 5.41) is 18.0. The monoisotopic (exact) mass is 239 g/mol. The molecule has 0 spiro atoms. The van der Waals surface area contributed by atoms with Gasteiger partial charge in [0.05, 0.1) is 0 Å². The average molecular weight is 239 g/mol. The van der Waals surface area contributed by atoms with Crippen molar-refractivity contribution in [3.8, 4) is 10.6 Å². The van der Waals surface area contributed by atoms with Gasteiger partial charge in [-0.1, -0.05) is 18.3 Å². The van der Waals surface area contributed by atoms with E-state index in [0.29, 0.717) is 0 Å². The Kier molecular flexibility index (Phi) is 3.82. The van der Waals surface area contributed by atoms with Gasteiger partial charge in [0, 0.05) is 23.9 Å². The first-order valence-electron chi connectivity index (χ1n) is 4.96. The third-order valence-corrected chi connectivity index (χ3v) is 3.72. The molecule has 0 amide bonds. The highest BCUT2D eigenvalue weighted by atomic mass is 32.1. The fourth-order valence-corrected chi connectivity index (χ4v) is 2.78. The summed E-state index contributed by atoms with van der Waals surface area (Å²) in [7, 11) is 0. The summed E-state index contributed by atoms with van der Waals surface area (Å²) in [4.78, 5) is 0. The third kappa shape index (κ3) is 2.84. The van der Waals surface area contributed by atoms with Crippen molar-refractivity contribution in [1.82, 2.24) is 15.5 Å². The Bertz CT molecular complexity index is 394. The number of nitrogens with one attached hydrogen (secondary N) is 1. The molecule has 2 aromatic heterocycles. The molecule has 2 aromatic rings. The molecule has 0 aliphatic rings. The summed E-state index contributed by atoms with van der Waals surface area (Å²) in [5.74, 6) is 0. The van der Waals surface area contributed by atoms with E-state index in [0.717, 1.165) is 29.5 Å². The Morgan fingerprint density at radius 3 is 3.07 bits per heavy atom. The molecule has 3 nitrogen and oxygen atoms in total. The van der Waals surface area contributed by atoms with Crippen LogP contribution in [0.4, 0.5) is 0 Å². The fraction of sp³-hybridized carbons (Fsp3) is 0.400. The lowest BCUT2D eigenvalue weighted by molar-refractivity contribution is 0.710. The molecule has 15 heavy (non-hydrogen) atoms. The molecule has 0 aromatic carbocycles. The van der Waals surface area contributed by atoms with E-state index in [1.807, 2.05) is 0 Å². The van der Waals surface area contributed by atoms with Crippen LogP contribution in [0.15, 0.2) is 16.8 Å². The van der Waals surface area contributed by atoms with Gasteiger partial charge in [0.1, 0.15) is 10.0 Å². The lowest BCUT2D eigenvalue weighted by atomic mass is 10.4. The zero-order valence-corrected chi connectivity index (χ0v) is 10.2. The van der Waals surface area contributed by atoms with Gasteiger partial charge in [-0.15, -0.1) is 10.2 Å². The number of nitrogens with zero attached hydrogens (tertiary/aromatic N) is 2. The maximum absolute atomic E-state index is 4.18. The van der Waals surface area contributed by atoms with Gasteiger partial charge in [0.25, 0.3) is 0 Å². The van der Waals surface area contributed by atoms with Crippen LogP contribution in [0.25, 0.3) is 10.6 Å². The second kappa shape index (κ2) is 5.34. The van der Waals surface area contributed by atoms with Crippen molar-refractivity contribution in [2.24, 2.45) is 0 Å². The Morgan fingerprint density at radius 2 is 2.33 bits per heavy atom. The first kappa shape index (κ1) is 10.7. The molecule has 0 saturated carbocycles. The summed E-state index contributed by atoms with van der Waals surface area (Å²) >= 11 is 3.38. The topological polar surface area (TPSA) is 37.8 Å². The van der Waals surface area contributed by atoms with E-state index in [9.17, 15) is 0 Å². The Hall–Kier alpha value is -0.780. The van der Waals surface area contributed by atoms with Crippen LogP contribution in [0.3, 0.4) is 0 Å². The minimum Gasteiger partial charge on any atom is -0.317 e. The number of hydrogen-bond acceptors (Lipinski definition) is 5. The minimum atomic E-state index is 0.968. The van der Waals surface area contributed by atoms with E-state index in [-0.39, 0.29) is 0 Å². The number of hydrogen-bond donors (Lipinski definition) is 1. The molecular formula is C10H13N3S2. The molecule has 0 aliphatic carbocycles. The number of aromatic nitrogens is 2. The molecule has 1 N–H and O–H groups in total. The molecule has 0 bridgehead atoms. The SMILES string of the molecule is CCNCCc1nnc(-c2ccsc2)s1. The maximum Gasteiger partial charge on any atom is 0.148 e. The van der Waals surface area contributed by atoms with Crippen LogP contribution in [0.1, 0.15) is 11.9 Å². The van der Waals surface area contributed by atoms with E-state index in [4.69, 9.17) is 0 Å². The van der Waals surface area contributed by atoms with Crippen LogP contribution in [0.2, 0.25) is 0 Å². The highest BCUT2D eigenvalue weighted by Crippen LogP contribution is 2.25. The Labute approximate surface area is 97.2 Å². The molecule has 2 heterocycles. The molecule has 5 heteroatoms. The van der Waals surface area contributed by atoms with Crippen LogP contribution < -0.4 is 5.32 Å². The summed E-state index contributed by atoms with van der Waals surface area (Å²) < 4.78 is 0. The summed E-state index contributed by atoms with van der Waals surface area (Å²) in [6.07, 6.45) is 0.968. The van der Waals surface area contributed by atoms with E-state index < -0.39 is 0 Å². The third-order valence-electron chi connectivity index (χ3n) is 2.00. The van der Waals surface area contributed by atoms with Crippen LogP contribution in [-0.2, 0) is 6.42 Å². The smallest absolute Gasteiger partial charge is 0.148 e. The van der Waals surface area contributed by atoms with Gasteiger partial charge in [-0.25, -0.2) is 0 Å². The van der Waals surface area contributed by atoms with Crippen molar-refractivity contribution in [3.05, 3.63) is 21.8 Å². The molecule has 0 radical (unpaired) electrons. The Morgan fingerprint density at radius 1 is 1.40 bits per heavy atom. The average Bonchev–Trinajstić information content (AvgIpc) is 2.87. The van der Waals surface area contributed by atoms with Crippen LogP contribution in [0, 0.1) is 0 Å². The van der Waals surface area contributed by atoms with Gasteiger partial charge in [-0.05, 0) is 18.0 Å². The van der Waals surface area contributed by atoms with Gasteiger partial charge in [0.2, 0.25) is 0 Å². The van der Waals surface area contributed by atoms with E-state index >= 15 is 0 Å². The quantitative estimate of drug-likeness (QED) is 0.814. The second-order valence-electron chi connectivity index (χ2n) is 3.12. The van der Waals surface area contributed by atoms with Gasteiger partial charge in [-0.3, -0.25) is 0 Å². The maximum atomic E-state index is 4.18. The second-order valence-corrected chi connectivity index (χ2v) is 4.96. The first-order chi connectivity index (χ1) is 7.40. The van der Waals surface area contributed by atoms with Crippen molar-refractivity contribution < 1.29 is 0 Å². The summed E-state index contributed by atoms with van der Waals surface area (Å²) in [6.45, 7) is 4.10. The van der Waals surface area contributed by atoms with Gasteiger partial charge >= 0.3 is 0 Å². The van der Waals surface area contributed by atoms with Crippen molar-refractivity contribution in [3.63, 3.8) is 0 Å². The van der Waals surface area contributed by atoms with Gasteiger partial charge in [-0.2, -0.15) is 11.3 Å². The van der Waals surface area contributed by atoms with E-state index in [1.54, 1.807) is 22.7 Å². The summed E-state index contributed by atoms with van der Waals surface area (Å²) in [5.41, 5.74) is 1.19. The number of thiophene rings is 1. The molecule has 0 fully saturated rings. The lowest BCUT2D eigenvalue weighted by Gasteiger charge is -1.95. The summed E-state index contributed by atoms with van der Waals surface area (Å²) in [6, 6.07) is 2.08. The van der Waals surface area contributed by atoms with E-state index in [1.165, 1.54) is 5.56 Å². The largest absolute Gasteiger partial charge is 0.317 e.